The monoisotopic (exact) mass is 364 g/mol. The molecule has 21 heavy (non-hydrogen) atoms. The number of halogens is 1. The SMILES string of the molecule is CSc1ccc(Oc2cc(Br)ccc2C=CC(=O)O)cc1. The first kappa shape index (κ1) is 15.7. The largest absolute Gasteiger partial charge is 0.478 e. The molecular formula is C16H13BrO3S. The molecule has 2 aromatic rings. The summed E-state index contributed by atoms with van der Waals surface area (Å²) in [5, 5.41) is 8.73. The van der Waals surface area contributed by atoms with Gasteiger partial charge in [-0.15, -0.1) is 11.8 Å². The number of thioether (sulfide) groups is 1. The molecule has 0 heterocycles. The summed E-state index contributed by atoms with van der Waals surface area (Å²) >= 11 is 5.05. The highest BCUT2D eigenvalue weighted by Gasteiger charge is 2.05. The van der Waals surface area contributed by atoms with Crippen LogP contribution in [0.5, 0.6) is 11.5 Å². The van der Waals surface area contributed by atoms with E-state index >= 15 is 0 Å². The predicted octanol–water partition coefficient (Wildman–Crippen LogP) is 5.06. The van der Waals surface area contributed by atoms with Crippen LogP contribution in [0.1, 0.15) is 5.56 Å². The van der Waals surface area contributed by atoms with E-state index in [9.17, 15) is 4.79 Å². The Labute approximate surface area is 135 Å². The van der Waals surface area contributed by atoms with Gasteiger partial charge in [-0.3, -0.25) is 0 Å². The van der Waals surface area contributed by atoms with Gasteiger partial charge in [0.2, 0.25) is 0 Å². The van der Waals surface area contributed by atoms with Crippen LogP contribution in [-0.4, -0.2) is 17.3 Å². The van der Waals surface area contributed by atoms with Gasteiger partial charge in [0.05, 0.1) is 0 Å². The molecule has 0 saturated carbocycles. The number of benzene rings is 2. The van der Waals surface area contributed by atoms with Crippen molar-refractivity contribution in [1.82, 2.24) is 0 Å². The van der Waals surface area contributed by atoms with Crippen LogP contribution in [0.2, 0.25) is 0 Å². The maximum Gasteiger partial charge on any atom is 0.328 e. The van der Waals surface area contributed by atoms with E-state index in [2.05, 4.69) is 15.9 Å². The molecule has 0 aromatic heterocycles. The molecule has 0 unspecified atom stereocenters. The first-order valence-corrected chi connectivity index (χ1v) is 8.13. The van der Waals surface area contributed by atoms with E-state index in [-0.39, 0.29) is 0 Å². The molecule has 0 bridgehead atoms. The average Bonchev–Trinajstić information content (AvgIpc) is 2.47. The second-order valence-electron chi connectivity index (χ2n) is 4.13. The first-order valence-electron chi connectivity index (χ1n) is 6.11. The van der Waals surface area contributed by atoms with Crippen molar-refractivity contribution in [2.75, 3.05) is 6.26 Å². The Balaban J connectivity index is 2.28. The molecule has 0 saturated heterocycles. The summed E-state index contributed by atoms with van der Waals surface area (Å²) in [4.78, 5) is 11.8. The van der Waals surface area contributed by atoms with Gasteiger partial charge in [0.15, 0.2) is 0 Å². The van der Waals surface area contributed by atoms with Gasteiger partial charge in [-0.2, -0.15) is 0 Å². The quantitative estimate of drug-likeness (QED) is 0.594. The van der Waals surface area contributed by atoms with Gasteiger partial charge in [0, 0.05) is 21.0 Å². The standard InChI is InChI=1S/C16H13BrO3S/c1-21-14-7-5-13(6-8-14)20-15-10-12(17)4-2-11(15)3-9-16(18)19/h2-10H,1H3,(H,18,19). The van der Waals surface area contributed by atoms with Crippen molar-refractivity contribution in [3.63, 3.8) is 0 Å². The van der Waals surface area contributed by atoms with Crippen molar-refractivity contribution in [2.24, 2.45) is 0 Å². The molecule has 0 radical (unpaired) electrons. The number of carboxylic acid groups (broad SMARTS) is 1. The molecular weight excluding hydrogens is 352 g/mol. The third-order valence-electron chi connectivity index (χ3n) is 2.67. The molecule has 0 atom stereocenters. The maximum absolute atomic E-state index is 10.6. The fraction of sp³-hybridized carbons (Fsp3) is 0.0625. The lowest BCUT2D eigenvalue weighted by Crippen LogP contribution is -1.90. The fourth-order valence-electron chi connectivity index (χ4n) is 1.67. The van der Waals surface area contributed by atoms with Crippen LogP contribution < -0.4 is 4.74 Å². The van der Waals surface area contributed by atoms with Gasteiger partial charge in [-0.05, 0) is 48.7 Å². The number of carbonyl (C=O) groups is 1. The van der Waals surface area contributed by atoms with Crippen molar-refractivity contribution in [1.29, 1.82) is 0 Å². The van der Waals surface area contributed by atoms with Crippen molar-refractivity contribution in [3.8, 4) is 11.5 Å². The third-order valence-corrected chi connectivity index (χ3v) is 3.91. The number of ether oxygens (including phenoxy) is 1. The molecule has 0 aliphatic rings. The number of hydrogen-bond donors (Lipinski definition) is 1. The van der Waals surface area contributed by atoms with E-state index in [0.717, 1.165) is 15.4 Å². The minimum Gasteiger partial charge on any atom is -0.478 e. The minimum absolute atomic E-state index is 0.596. The van der Waals surface area contributed by atoms with Crippen LogP contribution in [0.4, 0.5) is 0 Å². The van der Waals surface area contributed by atoms with Crippen molar-refractivity contribution < 1.29 is 14.6 Å². The Morgan fingerprint density at radius 2 is 1.95 bits per heavy atom. The lowest BCUT2D eigenvalue weighted by Gasteiger charge is -2.10. The van der Waals surface area contributed by atoms with E-state index in [1.807, 2.05) is 42.7 Å². The average molecular weight is 365 g/mol. The van der Waals surface area contributed by atoms with Gasteiger partial charge in [0.25, 0.3) is 0 Å². The highest BCUT2D eigenvalue weighted by atomic mass is 79.9. The van der Waals surface area contributed by atoms with E-state index < -0.39 is 5.97 Å². The molecule has 108 valence electrons. The van der Waals surface area contributed by atoms with Gasteiger partial charge < -0.3 is 9.84 Å². The summed E-state index contributed by atoms with van der Waals surface area (Å²) in [6.45, 7) is 0. The first-order chi connectivity index (χ1) is 10.1. The van der Waals surface area contributed by atoms with Gasteiger partial charge in [0.1, 0.15) is 11.5 Å². The molecule has 1 N–H and O–H groups in total. The normalized spacial score (nSPS) is 10.8. The van der Waals surface area contributed by atoms with E-state index in [1.165, 1.54) is 6.08 Å². The summed E-state index contributed by atoms with van der Waals surface area (Å²) < 4.78 is 6.71. The highest BCUT2D eigenvalue weighted by molar-refractivity contribution is 9.10. The van der Waals surface area contributed by atoms with Gasteiger partial charge >= 0.3 is 5.97 Å². The van der Waals surface area contributed by atoms with Crippen LogP contribution in [0.3, 0.4) is 0 Å². The molecule has 3 nitrogen and oxygen atoms in total. The van der Waals surface area contributed by atoms with Crippen LogP contribution in [0, 0.1) is 0 Å². The zero-order valence-corrected chi connectivity index (χ0v) is 13.6. The van der Waals surface area contributed by atoms with E-state index in [1.54, 1.807) is 17.8 Å². The molecule has 2 rings (SSSR count). The van der Waals surface area contributed by atoms with E-state index in [0.29, 0.717) is 17.1 Å². The topological polar surface area (TPSA) is 46.5 Å². The number of aliphatic carboxylic acids is 1. The van der Waals surface area contributed by atoms with Gasteiger partial charge in [-0.25, -0.2) is 4.79 Å². The summed E-state index contributed by atoms with van der Waals surface area (Å²) in [5.41, 5.74) is 0.703. The van der Waals surface area contributed by atoms with Gasteiger partial charge in [-0.1, -0.05) is 22.0 Å². The zero-order valence-electron chi connectivity index (χ0n) is 11.2. The van der Waals surface area contributed by atoms with Crippen molar-refractivity contribution >= 4 is 39.7 Å². The Morgan fingerprint density at radius 1 is 1.24 bits per heavy atom. The smallest absolute Gasteiger partial charge is 0.328 e. The molecule has 0 aliphatic carbocycles. The summed E-state index contributed by atoms with van der Waals surface area (Å²) in [5.74, 6) is 0.308. The van der Waals surface area contributed by atoms with Crippen molar-refractivity contribution in [2.45, 2.75) is 4.90 Å². The Kier molecular flexibility index (Phi) is 5.47. The second kappa shape index (κ2) is 7.33. The number of rotatable bonds is 5. The van der Waals surface area contributed by atoms with Crippen LogP contribution in [0.25, 0.3) is 6.08 Å². The molecule has 0 amide bonds. The highest BCUT2D eigenvalue weighted by Crippen LogP contribution is 2.30. The maximum atomic E-state index is 10.6. The van der Waals surface area contributed by atoms with E-state index in [4.69, 9.17) is 9.84 Å². The lowest BCUT2D eigenvalue weighted by atomic mass is 10.2. The summed E-state index contributed by atoms with van der Waals surface area (Å²) in [6.07, 6.45) is 4.62. The lowest BCUT2D eigenvalue weighted by molar-refractivity contribution is -0.131. The molecule has 5 heteroatoms. The number of carboxylic acids is 1. The molecule has 0 spiro atoms. The molecule has 0 aliphatic heterocycles. The number of hydrogen-bond acceptors (Lipinski definition) is 3. The fourth-order valence-corrected chi connectivity index (χ4v) is 2.41. The second-order valence-corrected chi connectivity index (χ2v) is 5.93. The molecule has 0 fully saturated rings. The Hall–Kier alpha value is -1.72. The zero-order chi connectivity index (χ0) is 15.2. The van der Waals surface area contributed by atoms with Crippen LogP contribution in [-0.2, 0) is 4.79 Å². The van der Waals surface area contributed by atoms with Crippen LogP contribution >= 0.6 is 27.7 Å². The summed E-state index contributed by atoms with van der Waals surface area (Å²) in [6, 6.07) is 13.2. The predicted molar refractivity (Wildman–Crippen MR) is 89.1 cm³/mol. The Morgan fingerprint density at radius 3 is 2.57 bits per heavy atom. The third kappa shape index (κ3) is 4.65. The molecule has 2 aromatic carbocycles. The summed E-state index contributed by atoms with van der Waals surface area (Å²) in [7, 11) is 0. The minimum atomic E-state index is -0.992. The van der Waals surface area contributed by atoms with Crippen molar-refractivity contribution in [3.05, 3.63) is 58.6 Å². The Bertz CT molecular complexity index is 666. The van der Waals surface area contributed by atoms with Crippen LogP contribution in [0.15, 0.2) is 57.9 Å².